The third-order valence-electron chi connectivity index (χ3n) is 5.42. The minimum absolute atomic E-state index is 0.379. The van der Waals surface area contributed by atoms with Crippen LogP contribution in [0, 0.1) is 0 Å². The van der Waals surface area contributed by atoms with Gasteiger partial charge in [-0.25, -0.2) is 0 Å². The summed E-state index contributed by atoms with van der Waals surface area (Å²) in [6, 6.07) is 0.507. The molecule has 0 aromatic rings. The average molecular weight is 309 g/mol. The molecule has 0 radical (unpaired) electrons. The van der Waals surface area contributed by atoms with Gasteiger partial charge in [0.1, 0.15) is 0 Å². The number of morpholine rings is 1. The van der Waals surface area contributed by atoms with E-state index in [9.17, 15) is 4.79 Å². The molecule has 5 heteroatoms. The van der Waals surface area contributed by atoms with Crippen LogP contribution < -0.4 is 0 Å². The fourth-order valence-electron chi connectivity index (χ4n) is 4.04. The Balaban J connectivity index is 1.37. The molecule has 22 heavy (non-hydrogen) atoms. The second kappa shape index (κ2) is 7.75. The van der Waals surface area contributed by atoms with Crippen molar-refractivity contribution in [3.05, 3.63) is 0 Å². The Labute approximate surface area is 134 Å². The van der Waals surface area contributed by atoms with Crippen molar-refractivity contribution in [1.29, 1.82) is 0 Å². The first-order chi connectivity index (χ1) is 10.7. The molecule has 3 fully saturated rings. The lowest BCUT2D eigenvalue weighted by Crippen LogP contribution is -2.50. The molecule has 3 saturated heterocycles. The van der Waals surface area contributed by atoms with E-state index in [0.29, 0.717) is 18.1 Å². The fourth-order valence-corrected chi connectivity index (χ4v) is 4.04. The molecule has 0 spiro atoms. The van der Waals surface area contributed by atoms with Gasteiger partial charge in [0, 0.05) is 58.3 Å². The summed E-state index contributed by atoms with van der Waals surface area (Å²) < 4.78 is 5.60. The van der Waals surface area contributed by atoms with Crippen LogP contribution in [0.4, 0.5) is 0 Å². The number of amides is 1. The van der Waals surface area contributed by atoms with E-state index in [1.165, 1.54) is 6.42 Å². The van der Waals surface area contributed by atoms with Crippen LogP contribution in [0.3, 0.4) is 0 Å². The number of nitrogens with zero attached hydrogens (tertiary/aromatic N) is 3. The van der Waals surface area contributed by atoms with E-state index in [1.807, 2.05) is 0 Å². The average Bonchev–Trinajstić information content (AvgIpc) is 2.54. The highest BCUT2D eigenvalue weighted by molar-refractivity contribution is 5.77. The minimum Gasteiger partial charge on any atom is -0.376 e. The summed E-state index contributed by atoms with van der Waals surface area (Å²) in [6.07, 6.45) is 5.75. The SMILES string of the molecule is CC1CN(CCN2CCC(N3CCCCC3=O)CC2)CCO1. The molecule has 0 N–H and O–H groups in total. The fraction of sp³-hybridized carbons (Fsp3) is 0.941. The maximum absolute atomic E-state index is 12.0. The summed E-state index contributed by atoms with van der Waals surface area (Å²) in [5.41, 5.74) is 0. The summed E-state index contributed by atoms with van der Waals surface area (Å²) in [5.74, 6) is 0.395. The maximum atomic E-state index is 12.0. The van der Waals surface area contributed by atoms with Crippen molar-refractivity contribution in [3.8, 4) is 0 Å². The molecule has 126 valence electrons. The maximum Gasteiger partial charge on any atom is 0.222 e. The van der Waals surface area contributed by atoms with E-state index >= 15 is 0 Å². The van der Waals surface area contributed by atoms with Crippen LogP contribution in [-0.2, 0) is 9.53 Å². The van der Waals surface area contributed by atoms with Crippen molar-refractivity contribution >= 4 is 5.91 Å². The van der Waals surface area contributed by atoms with Gasteiger partial charge >= 0.3 is 0 Å². The highest BCUT2D eigenvalue weighted by Crippen LogP contribution is 2.21. The van der Waals surface area contributed by atoms with Gasteiger partial charge < -0.3 is 14.5 Å². The Morgan fingerprint density at radius 1 is 1.05 bits per heavy atom. The standard InChI is InChI=1S/C17H31N3O2/c1-15-14-19(12-13-22-15)11-10-18-8-5-16(6-9-18)20-7-3-2-4-17(20)21/h15-16H,2-14H2,1H3. The van der Waals surface area contributed by atoms with Crippen LogP contribution >= 0.6 is 0 Å². The van der Waals surface area contributed by atoms with E-state index in [-0.39, 0.29) is 0 Å². The quantitative estimate of drug-likeness (QED) is 0.781. The zero-order chi connectivity index (χ0) is 15.4. The predicted molar refractivity (Wildman–Crippen MR) is 86.9 cm³/mol. The van der Waals surface area contributed by atoms with E-state index in [4.69, 9.17) is 4.74 Å². The van der Waals surface area contributed by atoms with Crippen molar-refractivity contribution in [2.45, 2.75) is 51.2 Å². The van der Waals surface area contributed by atoms with Crippen LogP contribution in [-0.4, -0.2) is 85.2 Å². The molecule has 0 aliphatic carbocycles. The zero-order valence-corrected chi connectivity index (χ0v) is 14.0. The Kier molecular flexibility index (Phi) is 5.71. The Morgan fingerprint density at radius 3 is 2.55 bits per heavy atom. The number of likely N-dealkylation sites (tertiary alicyclic amines) is 2. The topological polar surface area (TPSA) is 36.0 Å². The van der Waals surface area contributed by atoms with Gasteiger partial charge in [0.15, 0.2) is 0 Å². The lowest BCUT2D eigenvalue weighted by Gasteiger charge is -2.41. The molecular formula is C17H31N3O2. The highest BCUT2D eigenvalue weighted by Gasteiger charge is 2.29. The molecule has 1 amide bonds. The Bertz CT molecular complexity index is 369. The van der Waals surface area contributed by atoms with Gasteiger partial charge in [0.25, 0.3) is 0 Å². The Morgan fingerprint density at radius 2 is 1.82 bits per heavy atom. The number of carbonyl (C=O) groups is 1. The molecule has 0 aromatic carbocycles. The van der Waals surface area contributed by atoms with Crippen LogP contribution in [0.15, 0.2) is 0 Å². The molecule has 3 rings (SSSR count). The summed E-state index contributed by atoms with van der Waals surface area (Å²) in [5, 5.41) is 0. The molecule has 0 aromatic heterocycles. The van der Waals surface area contributed by atoms with Gasteiger partial charge in [0.2, 0.25) is 5.91 Å². The molecule has 3 aliphatic rings. The smallest absolute Gasteiger partial charge is 0.222 e. The second-order valence-corrected chi connectivity index (χ2v) is 7.10. The number of hydrogen-bond acceptors (Lipinski definition) is 4. The Hall–Kier alpha value is -0.650. The molecule has 0 bridgehead atoms. The number of piperidine rings is 2. The van der Waals surface area contributed by atoms with Gasteiger partial charge in [-0.05, 0) is 32.6 Å². The highest BCUT2D eigenvalue weighted by atomic mass is 16.5. The summed E-state index contributed by atoms with van der Waals surface area (Å²) >= 11 is 0. The van der Waals surface area contributed by atoms with E-state index in [0.717, 1.165) is 78.1 Å². The molecule has 0 saturated carbocycles. The monoisotopic (exact) mass is 309 g/mol. The lowest BCUT2D eigenvalue weighted by atomic mass is 9.99. The molecule has 3 heterocycles. The molecule has 1 atom stereocenters. The molecule has 1 unspecified atom stereocenters. The zero-order valence-electron chi connectivity index (χ0n) is 14.0. The van der Waals surface area contributed by atoms with Gasteiger partial charge in [-0.15, -0.1) is 0 Å². The van der Waals surface area contributed by atoms with Crippen LogP contribution in [0.5, 0.6) is 0 Å². The first-order valence-corrected chi connectivity index (χ1v) is 9.08. The van der Waals surface area contributed by atoms with Crippen LogP contribution in [0.1, 0.15) is 39.0 Å². The third-order valence-corrected chi connectivity index (χ3v) is 5.42. The number of ether oxygens (including phenoxy) is 1. The van der Waals surface area contributed by atoms with Crippen molar-refractivity contribution in [3.63, 3.8) is 0 Å². The van der Waals surface area contributed by atoms with E-state index < -0.39 is 0 Å². The molecule has 5 nitrogen and oxygen atoms in total. The first-order valence-electron chi connectivity index (χ1n) is 9.08. The summed E-state index contributed by atoms with van der Waals surface area (Å²) in [4.78, 5) is 19.3. The molecular weight excluding hydrogens is 278 g/mol. The van der Waals surface area contributed by atoms with E-state index in [1.54, 1.807) is 0 Å². The van der Waals surface area contributed by atoms with Crippen molar-refractivity contribution in [2.24, 2.45) is 0 Å². The van der Waals surface area contributed by atoms with Crippen molar-refractivity contribution in [1.82, 2.24) is 14.7 Å². The van der Waals surface area contributed by atoms with Gasteiger partial charge in [-0.3, -0.25) is 9.69 Å². The first kappa shape index (κ1) is 16.2. The largest absolute Gasteiger partial charge is 0.376 e. The summed E-state index contributed by atoms with van der Waals surface area (Å²) in [7, 11) is 0. The lowest BCUT2D eigenvalue weighted by molar-refractivity contribution is -0.136. The number of rotatable bonds is 4. The predicted octanol–water partition coefficient (Wildman–Crippen LogP) is 1.18. The molecule has 3 aliphatic heterocycles. The minimum atomic E-state index is 0.379. The van der Waals surface area contributed by atoms with Crippen molar-refractivity contribution < 1.29 is 9.53 Å². The van der Waals surface area contributed by atoms with Gasteiger partial charge in [0.05, 0.1) is 12.7 Å². The van der Waals surface area contributed by atoms with Crippen LogP contribution in [0.25, 0.3) is 0 Å². The summed E-state index contributed by atoms with van der Waals surface area (Å²) in [6.45, 7) is 10.8. The second-order valence-electron chi connectivity index (χ2n) is 7.10. The third kappa shape index (κ3) is 4.21. The van der Waals surface area contributed by atoms with Crippen LogP contribution in [0.2, 0.25) is 0 Å². The van der Waals surface area contributed by atoms with Gasteiger partial charge in [-0.1, -0.05) is 0 Å². The van der Waals surface area contributed by atoms with E-state index in [2.05, 4.69) is 21.6 Å². The van der Waals surface area contributed by atoms with Crippen molar-refractivity contribution in [2.75, 3.05) is 52.4 Å². The number of carbonyl (C=O) groups excluding carboxylic acids is 1. The normalized spacial score (nSPS) is 30.0. The number of hydrogen-bond donors (Lipinski definition) is 0. The van der Waals surface area contributed by atoms with Gasteiger partial charge in [-0.2, -0.15) is 0 Å².